The van der Waals surface area contributed by atoms with Gasteiger partial charge in [0, 0.05) is 25.8 Å². The maximum absolute atomic E-state index is 5.71. The zero-order chi connectivity index (χ0) is 9.84. The van der Waals surface area contributed by atoms with Crippen molar-refractivity contribution < 1.29 is 0 Å². The number of hydrogen-bond acceptors (Lipinski definition) is 2. The van der Waals surface area contributed by atoms with Gasteiger partial charge in [-0.2, -0.15) is 0 Å². The second-order valence-corrected chi connectivity index (χ2v) is 3.74. The van der Waals surface area contributed by atoms with Crippen LogP contribution < -0.4 is 10.6 Å². The average molecular weight is 178 g/mol. The third-order valence-corrected chi connectivity index (χ3v) is 2.01. The lowest BCUT2D eigenvalue weighted by molar-refractivity contribution is 0.738. The van der Waals surface area contributed by atoms with E-state index in [-0.39, 0.29) is 6.04 Å². The van der Waals surface area contributed by atoms with E-state index >= 15 is 0 Å². The minimum absolute atomic E-state index is 0.241. The van der Waals surface area contributed by atoms with Crippen LogP contribution in [0.2, 0.25) is 0 Å². The zero-order valence-electron chi connectivity index (χ0n) is 8.62. The zero-order valence-corrected chi connectivity index (χ0v) is 8.62. The van der Waals surface area contributed by atoms with Crippen molar-refractivity contribution in [2.24, 2.45) is 5.73 Å². The van der Waals surface area contributed by atoms with Crippen molar-refractivity contribution in [1.29, 1.82) is 0 Å². The summed E-state index contributed by atoms with van der Waals surface area (Å²) < 4.78 is 0. The SMILES string of the molecule is C[C@H](N)Cc1ccc(N(C)C)cc1. The highest BCUT2D eigenvalue weighted by atomic mass is 15.1. The van der Waals surface area contributed by atoms with Gasteiger partial charge in [-0.25, -0.2) is 0 Å². The largest absolute Gasteiger partial charge is 0.378 e. The Labute approximate surface area is 80.4 Å². The Kier molecular flexibility index (Phi) is 3.32. The molecule has 72 valence electrons. The molecular formula is C11H18N2. The van der Waals surface area contributed by atoms with E-state index in [2.05, 4.69) is 29.2 Å². The quantitative estimate of drug-likeness (QED) is 0.762. The predicted octanol–water partition coefficient (Wildman–Crippen LogP) is 1.64. The summed E-state index contributed by atoms with van der Waals surface area (Å²) in [6.07, 6.45) is 0.952. The molecule has 0 aliphatic rings. The normalized spacial score (nSPS) is 12.6. The van der Waals surface area contributed by atoms with E-state index in [4.69, 9.17) is 5.73 Å². The molecule has 0 bridgehead atoms. The highest BCUT2D eigenvalue weighted by Gasteiger charge is 1.98. The third kappa shape index (κ3) is 3.07. The smallest absolute Gasteiger partial charge is 0.0361 e. The van der Waals surface area contributed by atoms with Crippen LogP contribution >= 0.6 is 0 Å². The van der Waals surface area contributed by atoms with Gasteiger partial charge < -0.3 is 10.6 Å². The Morgan fingerprint density at radius 3 is 2.15 bits per heavy atom. The Morgan fingerprint density at radius 1 is 1.23 bits per heavy atom. The summed E-state index contributed by atoms with van der Waals surface area (Å²) in [5, 5.41) is 0. The van der Waals surface area contributed by atoms with Crippen LogP contribution in [-0.2, 0) is 6.42 Å². The lowest BCUT2D eigenvalue weighted by Crippen LogP contribution is -2.17. The van der Waals surface area contributed by atoms with Crippen molar-refractivity contribution in [3.8, 4) is 0 Å². The molecule has 0 aromatic heterocycles. The summed E-state index contributed by atoms with van der Waals surface area (Å²) in [7, 11) is 4.08. The van der Waals surface area contributed by atoms with Gasteiger partial charge in [-0.15, -0.1) is 0 Å². The van der Waals surface area contributed by atoms with E-state index in [0.29, 0.717) is 0 Å². The van der Waals surface area contributed by atoms with Crippen LogP contribution in [-0.4, -0.2) is 20.1 Å². The van der Waals surface area contributed by atoms with Crippen molar-refractivity contribution in [2.75, 3.05) is 19.0 Å². The van der Waals surface area contributed by atoms with E-state index in [9.17, 15) is 0 Å². The van der Waals surface area contributed by atoms with Crippen LogP contribution in [0.15, 0.2) is 24.3 Å². The summed E-state index contributed by atoms with van der Waals surface area (Å²) in [6.45, 7) is 2.03. The maximum atomic E-state index is 5.71. The van der Waals surface area contributed by atoms with Crippen LogP contribution in [0.25, 0.3) is 0 Å². The van der Waals surface area contributed by atoms with Crippen LogP contribution in [0.1, 0.15) is 12.5 Å². The second kappa shape index (κ2) is 4.28. The fourth-order valence-corrected chi connectivity index (χ4v) is 1.30. The summed E-state index contributed by atoms with van der Waals surface area (Å²) in [5.41, 5.74) is 8.25. The summed E-state index contributed by atoms with van der Waals surface area (Å²) in [5.74, 6) is 0. The van der Waals surface area contributed by atoms with Gasteiger partial charge in [0.15, 0.2) is 0 Å². The molecule has 0 fully saturated rings. The molecule has 0 heterocycles. The molecule has 13 heavy (non-hydrogen) atoms. The molecule has 0 amide bonds. The van der Waals surface area contributed by atoms with Gasteiger partial charge in [-0.05, 0) is 31.0 Å². The summed E-state index contributed by atoms with van der Waals surface area (Å²) in [6, 6.07) is 8.76. The van der Waals surface area contributed by atoms with E-state index in [1.54, 1.807) is 0 Å². The van der Waals surface area contributed by atoms with E-state index < -0.39 is 0 Å². The second-order valence-electron chi connectivity index (χ2n) is 3.74. The topological polar surface area (TPSA) is 29.3 Å². The van der Waals surface area contributed by atoms with Gasteiger partial charge in [-0.3, -0.25) is 0 Å². The van der Waals surface area contributed by atoms with Gasteiger partial charge >= 0.3 is 0 Å². The van der Waals surface area contributed by atoms with Crippen molar-refractivity contribution >= 4 is 5.69 Å². The molecule has 1 aromatic rings. The van der Waals surface area contributed by atoms with Crippen LogP contribution in [0.5, 0.6) is 0 Å². The molecule has 2 nitrogen and oxygen atoms in total. The number of benzene rings is 1. The van der Waals surface area contributed by atoms with E-state index in [0.717, 1.165) is 6.42 Å². The molecule has 1 aromatic carbocycles. The van der Waals surface area contributed by atoms with Crippen molar-refractivity contribution in [3.63, 3.8) is 0 Å². The van der Waals surface area contributed by atoms with Crippen LogP contribution in [0.3, 0.4) is 0 Å². The molecular weight excluding hydrogens is 160 g/mol. The molecule has 0 saturated carbocycles. The van der Waals surface area contributed by atoms with Gasteiger partial charge in [0.1, 0.15) is 0 Å². The minimum atomic E-state index is 0.241. The Morgan fingerprint density at radius 2 is 1.77 bits per heavy atom. The molecule has 0 radical (unpaired) electrons. The highest BCUT2D eigenvalue weighted by Crippen LogP contribution is 2.12. The first kappa shape index (κ1) is 10.1. The number of nitrogens with zero attached hydrogens (tertiary/aromatic N) is 1. The molecule has 0 aliphatic heterocycles. The molecule has 2 heteroatoms. The van der Waals surface area contributed by atoms with Crippen LogP contribution in [0, 0.1) is 0 Å². The fourth-order valence-electron chi connectivity index (χ4n) is 1.30. The number of rotatable bonds is 3. The highest BCUT2D eigenvalue weighted by molar-refractivity contribution is 5.46. The van der Waals surface area contributed by atoms with E-state index in [1.165, 1.54) is 11.3 Å². The van der Waals surface area contributed by atoms with Crippen molar-refractivity contribution in [2.45, 2.75) is 19.4 Å². The molecule has 0 aliphatic carbocycles. The lowest BCUT2D eigenvalue weighted by atomic mass is 10.1. The molecule has 0 spiro atoms. The van der Waals surface area contributed by atoms with Gasteiger partial charge in [0.05, 0.1) is 0 Å². The standard InChI is InChI=1S/C11H18N2/c1-9(12)8-10-4-6-11(7-5-10)13(2)3/h4-7,9H,8,12H2,1-3H3/t9-/m0/s1. The number of anilines is 1. The first-order valence-corrected chi connectivity index (χ1v) is 4.61. The van der Waals surface area contributed by atoms with Gasteiger partial charge in [-0.1, -0.05) is 12.1 Å². The number of hydrogen-bond donors (Lipinski definition) is 1. The molecule has 1 rings (SSSR count). The lowest BCUT2D eigenvalue weighted by Gasteiger charge is -2.13. The monoisotopic (exact) mass is 178 g/mol. The van der Waals surface area contributed by atoms with Gasteiger partial charge in [0.2, 0.25) is 0 Å². The van der Waals surface area contributed by atoms with E-state index in [1.807, 2.05) is 21.0 Å². The average Bonchev–Trinajstić information content (AvgIpc) is 2.04. The fraction of sp³-hybridized carbons (Fsp3) is 0.455. The first-order chi connectivity index (χ1) is 6.09. The minimum Gasteiger partial charge on any atom is -0.378 e. The van der Waals surface area contributed by atoms with Crippen molar-refractivity contribution in [1.82, 2.24) is 0 Å². The molecule has 1 atom stereocenters. The first-order valence-electron chi connectivity index (χ1n) is 4.61. The predicted molar refractivity (Wildman–Crippen MR) is 58.1 cm³/mol. The number of nitrogens with two attached hydrogens (primary N) is 1. The molecule has 2 N–H and O–H groups in total. The van der Waals surface area contributed by atoms with Crippen LogP contribution in [0.4, 0.5) is 5.69 Å². The summed E-state index contributed by atoms with van der Waals surface area (Å²) in [4.78, 5) is 2.09. The Bertz CT molecular complexity index is 249. The Hall–Kier alpha value is -1.02. The third-order valence-electron chi connectivity index (χ3n) is 2.01. The Balaban J connectivity index is 2.70. The molecule has 0 unspecified atom stereocenters. The maximum Gasteiger partial charge on any atom is 0.0361 e. The van der Waals surface area contributed by atoms with Crippen molar-refractivity contribution in [3.05, 3.63) is 29.8 Å². The summed E-state index contributed by atoms with van der Waals surface area (Å²) >= 11 is 0. The molecule has 0 saturated heterocycles. The van der Waals surface area contributed by atoms with Gasteiger partial charge in [0.25, 0.3) is 0 Å².